The summed E-state index contributed by atoms with van der Waals surface area (Å²) < 4.78 is 80.1. The molecule has 0 aliphatic carbocycles. The van der Waals surface area contributed by atoms with E-state index in [0.717, 1.165) is 53.4 Å². The SMILES string of the molecule is N#C/C(C(=O)Nc1cccc(S(=O)(=O)N2CCCCC2)c1)=c1/s/c(=C/c2ccc3c(c2)OCO3)c(=O)n1-c1cccc(C(F)(F)F)c1. The van der Waals surface area contributed by atoms with Gasteiger partial charge >= 0.3 is 6.18 Å². The Balaban J connectivity index is 1.46. The van der Waals surface area contributed by atoms with Gasteiger partial charge in [-0.3, -0.25) is 14.2 Å². The normalized spacial score (nSPS) is 16.1. The molecule has 1 saturated heterocycles. The van der Waals surface area contributed by atoms with Crippen LogP contribution >= 0.6 is 11.3 Å². The molecular weight excluding hydrogens is 658 g/mol. The molecule has 6 rings (SSSR count). The second-order valence-electron chi connectivity index (χ2n) is 10.7. The van der Waals surface area contributed by atoms with Crippen LogP contribution in [0.5, 0.6) is 11.5 Å². The van der Waals surface area contributed by atoms with E-state index in [1.165, 1.54) is 40.7 Å². The number of nitrogens with zero attached hydrogens (tertiary/aromatic N) is 3. The first-order valence-electron chi connectivity index (χ1n) is 14.3. The van der Waals surface area contributed by atoms with Gasteiger partial charge in [-0.15, -0.1) is 11.3 Å². The lowest BCUT2D eigenvalue weighted by atomic mass is 10.2. The molecule has 3 heterocycles. The van der Waals surface area contributed by atoms with Crippen LogP contribution < -0.4 is 29.5 Å². The Labute approximate surface area is 270 Å². The number of fused-ring (bicyclic) bond motifs is 1. The second-order valence-corrected chi connectivity index (χ2v) is 13.6. The summed E-state index contributed by atoms with van der Waals surface area (Å²) >= 11 is 0.739. The zero-order valence-corrected chi connectivity index (χ0v) is 26.0. The number of carbonyl (C=O) groups is 1. The van der Waals surface area contributed by atoms with E-state index in [2.05, 4.69) is 5.32 Å². The zero-order valence-electron chi connectivity index (χ0n) is 24.4. The topological polar surface area (TPSA) is 131 Å². The Morgan fingerprint density at radius 1 is 0.979 bits per heavy atom. The van der Waals surface area contributed by atoms with Crippen LogP contribution in [-0.2, 0) is 21.0 Å². The molecule has 0 atom stereocenters. The fraction of sp³-hybridized carbons (Fsp3) is 0.219. The van der Waals surface area contributed by atoms with Crippen molar-refractivity contribution in [1.82, 2.24) is 8.87 Å². The molecule has 47 heavy (non-hydrogen) atoms. The first-order chi connectivity index (χ1) is 22.5. The number of sulfonamides is 1. The van der Waals surface area contributed by atoms with E-state index in [1.807, 2.05) is 0 Å². The number of carbonyl (C=O) groups excluding carboxylic acids is 1. The van der Waals surface area contributed by atoms with Crippen molar-refractivity contribution in [2.45, 2.75) is 30.3 Å². The Kier molecular flexibility index (Phi) is 8.66. The van der Waals surface area contributed by atoms with Gasteiger partial charge in [0.2, 0.25) is 16.8 Å². The zero-order chi connectivity index (χ0) is 33.3. The second kappa shape index (κ2) is 12.7. The first kappa shape index (κ1) is 32.0. The number of ether oxygens (including phenoxy) is 2. The lowest BCUT2D eigenvalue weighted by molar-refractivity contribution is -0.137. The fourth-order valence-electron chi connectivity index (χ4n) is 5.24. The van der Waals surface area contributed by atoms with E-state index in [9.17, 15) is 36.4 Å². The highest BCUT2D eigenvalue weighted by Crippen LogP contribution is 2.33. The molecular formula is C32H25F3N4O6S2. The van der Waals surface area contributed by atoms with Gasteiger partial charge in [0, 0.05) is 18.8 Å². The maximum absolute atomic E-state index is 13.8. The van der Waals surface area contributed by atoms with Crippen molar-refractivity contribution in [1.29, 1.82) is 5.26 Å². The molecule has 0 unspecified atom stereocenters. The lowest BCUT2D eigenvalue weighted by Gasteiger charge is -2.26. The molecule has 2 aliphatic heterocycles. The van der Waals surface area contributed by atoms with Crippen LogP contribution in [0.4, 0.5) is 18.9 Å². The van der Waals surface area contributed by atoms with Crippen LogP contribution in [0.15, 0.2) is 76.4 Å². The van der Waals surface area contributed by atoms with Gasteiger partial charge in [-0.2, -0.15) is 22.7 Å². The van der Waals surface area contributed by atoms with Crippen molar-refractivity contribution in [3.63, 3.8) is 0 Å². The predicted molar refractivity (Wildman–Crippen MR) is 167 cm³/mol. The van der Waals surface area contributed by atoms with E-state index in [-0.39, 0.29) is 32.3 Å². The van der Waals surface area contributed by atoms with Gasteiger partial charge in [0.1, 0.15) is 10.7 Å². The Morgan fingerprint density at radius 3 is 2.47 bits per heavy atom. The highest BCUT2D eigenvalue weighted by molar-refractivity contribution is 7.89. The number of halogens is 3. The minimum Gasteiger partial charge on any atom is -0.454 e. The summed E-state index contributed by atoms with van der Waals surface area (Å²) in [7, 11) is -3.84. The summed E-state index contributed by atoms with van der Waals surface area (Å²) in [5, 5.41) is 12.7. The molecule has 10 nitrogen and oxygen atoms in total. The fourth-order valence-corrected chi connectivity index (χ4v) is 7.90. The van der Waals surface area contributed by atoms with Gasteiger partial charge in [0.25, 0.3) is 11.5 Å². The number of amides is 1. The average molecular weight is 683 g/mol. The minimum absolute atomic E-state index is 0.0199. The molecule has 0 spiro atoms. The van der Waals surface area contributed by atoms with E-state index in [0.29, 0.717) is 30.2 Å². The Bertz CT molecular complexity index is 2220. The van der Waals surface area contributed by atoms with Gasteiger partial charge < -0.3 is 14.8 Å². The predicted octanol–water partition coefficient (Wildman–Crippen LogP) is 3.96. The minimum atomic E-state index is -4.73. The number of thiazole rings is 1. The highest BCUT2D eigenvalue weighted by atomic mass is 32.2. The van der Waals surface area contributed by atoms with Crippen molar-refractivity contribution in [3.05, 3.63) is 97.4 Å². The van der Waals surface area contributed by atoms with E-state index >= 15 is 0 Å². The number of hydrogen-bond donors (Lipinski definition) is 1. The Hall–Kier alpha value is -4.91. The van der Waals surface area contributed by atoms with Crippen LogP contribution in [0.25, 0.3) is 17.3 Å². The largest absolute Gasteiger partial charge is 0.454 e. The standard InChI is InChI=1S/C32H25F3N4O6S2/c33-32(34,35)21-6-4-8-23(16-21)39-30(41)28(15-20-10-11-26-27(14-20)45-19-44-26)46-31(39)25(18-36)29(40)37-22-7-5-9-24(17-22)47(42,43)38-12-2-1-3-13-38/h4-11,14-17H,1-3,12-13,19H2,(H,37,40)/b28-15+,31-25-. The van der Waals surface area contributed by atoms with Crippen LogP contribution in [0.1, 0.15) is 30.4 Å². The molecule has 4 aromatic rings. The third-order valence-corrected chi connectivity index (χ3v) is 10.5. The van der Waals surface area contributed by atoms with Crippen molar-refractivity contribution < 1.29 is 35.9 Å². The van der Waals surface area contributed by atoms with Crippen molar-refractivity contribution >= 4 is 44.6 Å². The van der Waals surface area contributed by atoms with Crippen molar-refractivity contribution in [2.75, 3.05) is 25.2 Å². The average Bonchev–Trinajstić information content (AvgIpc) is 3.65. The molecule has 1 fully saturated rings. The number of nitrogens with one attached hydrogen (secondary N) is 1. The molecule has 1 aromatic heterocycles. The quantitative estimate of drug-likeness (QED) is 0.326. The highest BCUT2D eigenvalue weighted by Gasteiger charge is 2.31. The molecule has 0 radical (unpaired) electrons. The number of anilines is 1. The summed E-state index contributed by atoms with van der Waals surface area (Å²) in [6.45, 7) is 0.775. The number of piperidine rings is 1. The van der Waals surface area contributed by atoms with E-state index in [1.54, 1.807) is 24.3 Å². The third-order valence-electron chi connectivity index (χ3n) is 7.55. The van der Waals surface area contributed by atoms with E-state index in [4.69, 9.17) is 9.47 Å². The monoisotopic (exact) mass is 682 g/mol. The molecule has 1 amide bonds. The van der Waals surface area contributed by atoms with Gasteiger partial charge in [0.05, 0.1) is 20.7 Å². The first-order valence-corrected chi connectivity index (χ1v) is 16.6. The summed E-state index contributed by atoms with van der Waals surface area (Å²) in [4.78, 5) is 27.3. The van der Waals surface area contributed by atoms with Crippen molar-refractivity contribution in [2.24, 2.45) is 0 Å². The number of rotatable bonds is 6. The summed E-state index contributed by atoms with van der Waals surface area (Å²) in [6, 6.07) is 16.2. The number of hydrogen-bond acceptors (Lipinski definition) is 8. The maximum Gasteiger partial charge on any atom is 0.416 e. The molecule has 0 saturated carbocycles. The van der Waals surface area contributed by atoms with Gasteiger partial charge in [-0.05, 0) is 73.0 Å². The third kappa shape index (κ3) is 6.53. The van der Waals surface area contributed by atoms with Crippen molar-refractivity contribution in [3.8, 4) is 23.3 Å². The van der Waals surface area contributed by atoms with Crippen LogP contribution in [0.2, 0.25) is 0 Å². The lowest BCUT2D eigenvalue weighted by Crippen LogP contribution is -2.35. The van der Waals surface area contributed by atoms with Crippen LogP contribution in [0, 0.1) is 11.3 Å². The Morgan fingerprint density at radius 2 is 1.72 bits per heavy atom. The molecule has 2 aliphatic rings. The van der Waals surface area contributed by atoms with Gasteiger partial charge in [0.15, 0.2) is 17.1 Å². The van der Waals surface area contributed by atoms with Gasteiger partial charge in [-0.25, -0.2) is 8.42 Å². The number of alkyl halides is 3. The maximum atomic E-state index is 13.8. The molecule has 15 heteroatoms. The van der Waals surface area contributed by atoms with Gasteiger partial charge in [-0.1, -0.05) is 24.6 Å². The van der Waals surface area contributed by atoms with Crippen LogP contribution in [-0.4, -0.2) is 43.1 Å². The number of nitriles is 1. The summed E-state index contributed by atoms with van der Waals surface area (Å²) in [5.41, 5.74) is -2.01. The van der Waals surface area contributed by atoms with E-state index < -0.39 is 38.8 Å². The summed E-state index contributed by atoms with van der Waals surface area (Å²) in [6.07, 6.45) is -0.864. The smallest absolute Gasteiger partial charge is 0.416 e. The summed E-state index contributed by atoms with van der Waals surface area (Å²) in [5.74, 6) is -0.0569. The number of benzene rings is 3. The molecule has 0 bridgehead atoms. The molecule has 1 N–H and O–H groups in total. The molecule has 242 valence electrons. The van der Waals surface area contributed by atoms with Crippen LogP contribution in [0.3, 0.4) is 0 Å². The molecule has 3 aromatic carbocycles. The number of aromatic nitrogens is 1.